The first-order valence-corrected chi connectivity index (χ1v) is 5.27. The van der Waals surface area contributed by atoms with Gasteiger partial charge in [-0.3, -0.25) is 0 Å². The zero-order valence-corrected chi connectivity index (χ0v) is 9.18. The molecule has 0 amide bonds. The topological polar surface area (TPSA) is 17.1 Å². The Hall–Kier alpha value is -0.590. The van der Waals surface area contributed by atoms with E-state index < -0.39 is 0 Å². The summed E-state index contributed by atoms with van der Waals surface area (Å²) in [4.78, 5) is 10.6. The minimum absolute atomic E-state index is 0.311. The summed E-state index contributed by atoms with van der Waals surface area (Å²) >= 11 is 0. The molecule has 13 heavy (non-hydrogen) atoms. The number of rotatable bonds is 7. The fourth-order valence-electron chi connectivity index (χ4n) is 1.12. The first-order chi connectivity index (χ1) is 6.13. The minimum atomic E-state index is 0.311. The fourth-order valence-corrected chi connectivity index (χ4v) is 1.12. The van der Waals surface area contributed by atoms with Crippen LogP contribution in [0.3, 0.4) is 0 Å². The predicted molar refractivity (Wildman–Crippen MR) is 57.7 cm³/mol. The van der Waals surface area contributed by atoms with Crippen LogP contribution in [0.1, 0.15) is 52.9 Å². The Balaban J connectivity index is 3.15. The zero-order valence-electron chi connectivity index (χ0n) is 9.18. The summed E-state index contributed by atoms with van der Waals surface area (Å²) in [6.45, 7) is 6.11. The van der Waals surface area contributed by atoms with Crippen LogP contribution >= 0.6 is 0 Å². The molecule has 0 aliphatic heterocycles. The van der Waals surface area contributed by atoms with Gasteiger partial charge in [0.1, 0.15) is 5.78 Å². The number of unbranched alkanes of at least 4 members (excludes halogenated alkanes) is 2. The van der Waals surface area contributed by atoms with Gasteiger partial charge < -0.3 is 4.79 Å². The zero-order chi connectivity index (χ0) is 10.1. The average molecular weight is 182 g/mol. The van der Waals surface area contributed by atoms with Crippen molar-refractivity contribution in [2.45, 2.75) is 52.9 Å². The van der Waals surface area contributed by atoms with Crippen molar-refractivity contribution in [1.29, 1.82) is 0 Å². The molecule has 0 aromatic carbocycles. The van der Waals surface area contributed by atoms with Gasteiger partial charge in [0.05, 0.1) is 0 Å². The second-order valence-electron chi connectivity index (χ2n) is 4.05. The molecule has 0 heterocycles. The van der Waals surface area contributed by atoms with Gasteiger partial charge in [-0.15, -0.1) is 0 Å². The molecule has 1 heteroatoms. The van der Waals surface area contributed by atoms with Crippen molar-refractivity contribution in [3.05, 3.63) is 12.2 Å². The quantitative estimate of drug-likeness (QED) is 0.433. The summed E-state index contributed by atoms with van der Waals surface area (Å²) in [7, 11) is 0. The maximum absolute atomic E-state index is 10.6. The summed E-state index contributed by atoms with van der Waals surface area (Å²) < 4.78 is 0. The Morgan fingerprint density at radius 3 is 2.46 bits per heavy atom. The number of allylic oxidation sites excluding steroid dienone is 2. The van der Waals surface area contributed by atoms with E-state index in [0.717, 1.165) is 31.6 Å². The molecule has 0 radical (unpaired) electrons. The molecule has 0 unspecified atom stereocenters. The Kier molecular flexibility index (Phi) is 7.66. The molecule has 0 aromatic rings. The van der Waals surface area contributed by atoms with Crippen LogP contribution in [0.2, 0.25) is 0 Å². The summed E-state index contributed by atoms with van der Waals surface area (Å²) in [6.07, 6.45) is 9.72. The van der Waals surface area contributed by atoms with E-state index in [2.05, 4.69) is 26.0 Å². The maximum Gasteiger partial charge on any atom is 0.129 e. The Bertz CT molecular complexity index is 157. The van der Waals surface area contributed by atoms with E-state index in [4.69, 9.17) is 0 Å². The van der Waals surface area contributed by atoms with Crippen molar-refractivity contribution < 1.29 is 4.79 Å². The lowest BCUT2D eigenvalue weighted by Crippen LogP contribution is -1.88. The first-order valence-electron chi connectivity index (χ1n) is 5.27. The molecule has 0 atom stereocenters. The van der Waals surface area contributed by atoms with Gasteiger partial charge in [-0.2, -0.15) is 0 Å². The second-order valence-corrected chi connectivity index (χ2v) is 4.05. The Labute approximate surface area is 82.2 Å². The molecular weight excluding hydrogens is 160 g/mol. The monoisotopic (exact) mass is 182 g/mol. The van der Waals surface area contributed by atoms with Crippen LogP contribution in [0.15, 0.2) is 12.2 Å². The standard InChI is InChI=1S/C12H22O/c1-11(2)9-7-5-4-6-8-10-12(3)13/h5,7,11H,4,6,8-10H2,1-3H3. The van der Waals surface area contributed by atoms with Crippen LogP contribution in [0.5, 0.6) is 0 Å². The molecule has 0 saturated carbocycles. The third-order valence-electron chi connectivity index (χ3n) is 1.92. The highest BCUT2D eigenvalue weighted by Gasteiger charge is 1.91. The molecule has 76 valence electrons. The summed E-state index contributed by atoms with van der Waals surface area (Å²) in [5, 5.41) is 0. The molecule has 0 N–H and O–H groups in total. The van der Waals surface area contributed by atoms with Crippen molar-refractivity contribution in [1.82, 2.24) is 0 Å². The molecule has 0 aliphatic rings. The highest BCUT2D eigenvalue weighted by atomic mass is 16.1. The van der Waals surface area contributed by atoms with E-state index in [1.807, 2.05) is 0 Å². The van der Waals surface area contributed by atoms with Gasteiger partial charge in [0.2, 0.25) is 0 Å². The number of ketones is 1. The molecule has 0 spiro atoms. The van der Waals surface area contributed by atoms with E-state index >= 15 is 0 Å². The van der Waals surface area contributed by atoms with E-state index in [1.54, 1.807) is 6.92 Å². The van der Waals surface area contributed by atoms with Crippen LogP contribution in [0.25, 0.3) is 0 Å². The van der Waals surface area contributed by atoms with E-state index in [9.17, 15) is 4.79 Å². The van der Waals surface area contributed by atoms with Gasteiger partial charge in [-0.25, -0.2) is 0 Å². The highest BCUT2D eigenvalue weighted by Crippen LogP contribution is 2.04. The van der Waals surface area contributed by atoms with Crippen LogP contribution in [-0.2, 0) is 4.79 Å². The molecule has 0 bridgehead atoms. The van der Waals surface area contributed by atoms with Gasteiger partial charge in [0, 0.05) is 6.42 Å². The number of hydrogen-bond acceptors (Lipinski definition) is 1. The third kappa shape index (κ3) is 11.4. The van der Waals surface area contributed by atoms with Crippen LogP contribution < -0.4 is 0 Å². The van der Waals surface area contributed by atoms with Gasteiger partial charge in [-0.1, -0.05) is 26.0 Å². The largest absolute Gasteiger partial charge is 0.300 e. The van der Waals surface area contributed by atoms with Crippen LogP contribution in [-0.4, -0.2) is 5.78 Å². The molecule has 0 rings (SSSR count). The molecule has 0 fully saturated rings. The van der Waals surface area contributed by atoms with Gasteiger partial charge in [0.25, 0.3) is 0 Å². The molecule has 0 saturated heterocycles. The lowest BCUT2D eigenvalue weighted by Gasteiger charge is -1.97. The van der Waals surface area contributed by atoms with Crippen molar-refractivity contribution in [3.8, 4) is 0 Å². The third-order valence-corrected chi connectivity index (χ3v) is 1.92. The van der Waals surface area contributed by atoms with Crippen molar-refractivity contribution >= 4 is 5.78 Å². The van der Waals surface area contributed by atoms with Gasteiger partial charge >= 0.3 is 0 Å². The Morgan fingerprint density at radius 1 is 1.23 bits per heavy atom. The second kappa shape index (κ2) is 8.03. The summed E-state index contributed by atoms with van der Waals surface area (Å²) in [6, 6.07) is 0. The van der Waals surface area contributed by atoms with Crippen LogP contribution in [0, 0.1) is 5.92 Å². The predicted octanol–water partition coefficient (Wildman–Crippen LogP) is 3.74. The smallest absolute Gasteiger partial charge is 0.129 e. The SMILES string of the molecule is CC(=O)CCCCC=CCC(C)C. The van der Waals surface area contributed by atoms with E-state index in [-0.39, 0.29) is 0 Å². The maximum atomic E-state index is 10.6. The number of Topliss-reactive ketones (excluding diaryl/α,β-unsaturated/α-hetero) is 1. The molecule has 0 aromatic heterocycles. The van der Waals surface area contributed by atoms with Gasteiger partial charge in [-0.05, 0) is 38.5 Å². The summed E-state index contributed by atoms with van der Waals surface area (Å²) in [5.41, 5.74) is 0. The van der Waals surface area contributed by atoms with Gasteiger partial charge in [0.15, 0.2) is 0 Å². The number of hydrogen-bond donors (Lipinski definition) is 0. The lowest BCUT2D eigenvalue weighted by atomic mass is 10.1. The molecular formula is C12H22O. The first kappa shape index (κ1) is 12.4. The average Bonchev–Trinajstić information content (AvgIpc) is 2.01. The molecule has 1 nitrogen and oxygen atoms in total. The molecule has 0 aliphatic carbocycles. The summed E-state index contributed by atoms with van der Waals surface area (Å²) in [5.74, 6) is 1.07. The number of carbonyl (C=O) groups is 1. The van der Waals surface area contributed by atoms with Crippen molar-refractivity contribution in [2.75, 3.05) is 0 Å². The number of carbonyl (C=O) groups excluding carboxylic acids is 1. The normalized spacial score (nSPS) is 11.4. The minimum Gasteiger partial charge on any atom is -0.300 e. The highest BCUT2D eigenvalue weighted by molar-refractivity contribution is 5.75. The fraction of sp³-hybridized carbons (Fsp3) is 0.750. The Morgan fingerprint density at radius 2 is 1.92 bits per heavy atom. The van der Waals surface area contributed by atoms with E-state index in [1.165, 1.54) is 6.42 Å². The van der Waals surface area contributed by atoms with Crippen LogP contribution in [0.4, 0.5) is 0 Å². The lowest BCUT2D eigenvalue weighted by molar-refractivity contribution is -0.117. The van der Waals surface area contributed by atoms with Crippen molar-refractivity contribution in [2.24, 2.45) is 5.92 Å². The van der Waals surface area contributed by atoms with E-state index in [0.29, 0.717) is 5.78 Å². The van der Waals surface area contributed by atoms with Crippen molar-refractivity contribution in [3.63, 3.8) is 0 Å².